The molecule has 128 valence electrons. The molecule has 1 aromatic heterocycles. The molecule has 5 nitrogen and oxygen atoms in total. The molecule has 1 aliphatic rings. The zero-order chi connectivity index (χ0) is 17.0. The minimum absolute atomic E-state index is 0.0367. The Bertz CT molecular complexity index is 597. The summed E-state index contributed by atoms with van der Waals surface area (Å²) >= 11 is 0.971. The first-order valence-corrected chi connectivity index (χ1v) is 8.42. The second-order valence-corrected chi connectivity index (χ2v) is 6.17. The average molecular weight is 348 g/mol. The smallest absolute Gasteiger partial charge is 0.316 e. The molecular weight excluding hydrogens is 329 g/mol. The van der Waals surface area contributed by atoms with Gasteiger partial charge in [0.25, 0.3) is 0 Å². The molecule has 9 heteroatoms. The molecule has 0 spiro atoms. The maximum Gasteiger partial charge on any atom is 0.451 e. The Morgan fingerprint density at radius 3 is 2.65 bits per heavy atom. The van der Waals surface area contributed by atoms with Crippen molar-refractivity contribution < 1.29 is 18.0 Å². The number of rotatable bonds is 5. The molecule has 1 amide bonds. The van der Waals surface area contributed by atoms with Crippen molar-refractivity contribution >= 4 is 17.7 Å². The molecule has 0 fully saturated rings. The molecule has 23 heavy (non-hydrogen) atoms. The van der Waals surface area contributed by atoms with E-state index in [4.69, 9.17) is 0 Å². The summed E-state index contributed by atoms with van der Waals surface area (Å²) in [5.74, 6) is -1.15. The van der Waals surface area contributed by atoms with Crippen LogP contribution in [0.5, 0.6) is 0 Å². The molecule has 0 saturated carbocycles. The quantitative estimate of drug-likeness (QED) is 0.767. The van der Waals surface area contributed by atoms with Crippen molar-refractivity contribution in [3.8, 4) is 0 Å². The highest BCUT2D eigenvalue weighted by Crippen LogP contribution is 2.30. The lowest BCUT2D eigenvalue weighted by Crippen LogP contribution is -2.32. The van der Waals surface area contributed by atoms with Crippen molar-refractivity contribution in [2.45, 2.75) is 43.9 Å². The van der Waals surface area contributed by atoms with Crippen molar-refractivity contribution in [1.82, 2.24) is 19.7 Å². The van der Waals surface area contributed by atoms with Crippen LogP contribution in [0.25, 0.3) is 0 Å². The van der Waals surface area contributed by atoms with Crippen LogP contribution >= 0.6 is 11.8 Å². The Morgan fingerprint density at radius 1 is 1.39 bits per heavy atom. The molecule has 1 aliphatic carbocycles. The third-order valence-corrected chi connectivity index (χ3v) is 4.65. The normalized spacial score (nSPS) is 15.4. The first-order chi connectivity index (χ1) is 10.8. The van der Waals surface area contributed by atoms with Crippen LogP contribution in [0.4, 0.5) is 13.2 Å². The molecule has 0 unspecified atom stereocenters. The van der Waals surface area contributed by atoms with Gasteiger partial charge in [-0.05, 0) is 32.6 Å². The van der Waals surface area contributed by atoms with E-state index < -0.39 is 12.0 Å². The number of hydrogen-bond acceptors (Lipinski definition) is 4. The van der Waals surface area contributed by atoms with Gasteiger partial charge in [0.2, 0.25) is 11.7 Å². The zero-order valence-electron chi connectivity index (χ0n) is 13.1. The number of nitrogens with zero attached hydrogens (tertiary/aromatic N) is 4. The lowest BCUT2D eigenvalue weighted by Gasteiger charge is -2.26. The maximum atomic E-state index is 12.7. The Kier molecular flexibility index (Phi) is 5.72. The van der Waals surface area contributed by atoms with Gasteiger partial charge in [-0.1, -0.05) is 17.8 Å². The number of carbonyl (C=O) groups excluding carboxylic acids is 1. The highest BCUT2D eigenvalue weighted by atomic mass is 32.2. The number of thioether (sulfide) groups is 1. The van der Waals surface area contributed by atoms with E-state index in [1.807, 2.05) is 6.92 Å². The van der Waals surface area contributed by atoms with Crippen molar-refractivity contribution in [2.24, 2.45) is 7.05 Å². The zero-order valence-corrected chi connectivity index (χ0v) is 13.9. The van der Waals surface area contributed by atoms with Gasteiger partial charge < -0.3 is 9.47 Å². The molecule has 0 N–H and O–H groups in total. The summed E-state index contributed by atoms with van der Waals surface area (Å²) in [7, 11) is 1.25. The van der Waals surface area contributed by atoms with Gasteiger partial charge in [0, 0.05) is 19.3 Å². The molecule has 0 aliphatic heterocycles. The fraction of sp³-hybridized carbons (Fsp3) is 0.643. The van der Waals surface area contributed by atoms with Gasteiger partial charge in [0.1, 0.15) is 0 Å². The van der Waals surface area contributed by atoms with Crippen LogP contribution in [-0.2, 0) is 18.0 Å². The standard InChI is InChI=1S/C14H19F3N4OS/c1-3-21(10-7-5-4-6-8-10)11(22)9-23-13-19-18-12(20(13)2)14(15,16)17/h7H,3-6,8-9H2,1-2H3. The van der Waals surface area contributed by atoms with E-state index >= 15 is 0 Å². The second kappa shape index (κ2) is 7.37. The number of alkyl halides is 3. The van der Waals surface area contributed by atoms with Gasteiger partial charge in [-0.25, -0.2) is 0 Å². The van der Waals surface area contributed by atoms with Gasteiger partial charge in [-0.2, -0.15) is 13.2 Å². The molecule has 0 saturated heterocycles. The Labute approximate surface area is 136 Å². The third kappa shape index (κ3) is 4.27. The van der Waals surface area contributed by atoms with Crippen LogP contribution in [0.3, 0.4) is 0 Å². The SMILES string of the molecule is CCN(C(=O)CSc1nnc(C(F)(F)F)n1C)C1=CCCCC1. The minimum atomic E-state index is -4.55. The van der Waals surface area contributed by atoms with Crippen LogP contribution in [0.1, 0.15) is 38.4 Å². The molecule has 0 radical (unpaired) electrons. The summed E-state index contributed by atoms with van der Waals surface area (Å²) in [4.78, 5) is 14.0. The van der Waals surface area contributed by atoms with Crippen LogP contribution in [0.15, 0.2) is 16.9 Å². The Balaban J connectivity index is 2.01. The molecule has 0 bridgehead atoms. The number of halogens is 3. The van der Waals surface area contributed by atoms with Crippen molar-refractivity contribution in [1.29, 1.82) is 0 Å². The highest BCUT2D eigenvalue weighted by Gasteiger charge is 2.37. The highest BCUT2D eigenvalue weighted by molar-refractivity contribution is 7.99. The number of aromatic nitrogens is 3. The summed E-state index contributed by atoms with van der Waals surface area (Å²) in [6.45, 7) is 2.44. The van der Waals surface area contributed by atoms with E-state index in [-0.39, 0.29) is 16.8 Å². The Hall–Kier alpha value is -1.51. The summed E-state index contributed by atoms with van der Waals surface area (Å²) in [5, 5.41) is 6.76. The van der Waals surface area contributed by atoms with Crippen LogP contribution < -0.4 is 0 Å². The summed E-state index contributed by atoms with van der Waals surface area (Å²) in [5.41, 5.74) is 1.01. The van der Waals surface area contributed by atoms with Crippen molar-refractivity contribution in [2.75, 3.05) is 12.3 Å². The van der Waals surface area contributed by atoms with Crippen molar-refractivity contribution in [3.05, 3.63) is 17.6 Å². The van der Waals surface area contributed by atoms with Gasteiger partial charge >= 0.3 is 6.18 Å². The fourth-order valence-corrected chi connectivity index (χ4v) is 3.28. The van der Waals surface area contributed by atoms with E-state index in [0.717, 1.165) is 47.7 Å². The molecule has 0 aromatic carbocycles. The third-order valence-electron chi connectivity index (χ3n) is 3.64. The first-order valence-electron chi connectivity index (χ1n) is 7.43. The van der Waals surface area contributed by atoms with Crippen molar-refractivity contribution in [3.63, 3.8) is 0 Å². The summed E-state index contributed by atoms with van der Waals surface area (Å²) in [6.07, 6.45) is 1.54. The molecule has 0 atom stereocenters. The minimum Gasteiger partial charge on any atom is -0.316 e. The molecule has 2 rings (SSSR count). The average Bonchev–Trinajstić information content (AvgIpc) is 2.88. The van der Waals surface area contributed by atoms with E-state index in [9.17, 15) is 18.0 Å². The first kappa shape index (κ1) is 17.8. The van der Waals surface area contributed by atoms with Gasteiger partial charge in [0.05, 0.1) is 5.75 Å². The number of carbonyl (C=O) groups is 1. The summed E-state index contributed by atoms with van der Waals surface area (Å²) < 4.78 is 38.9. The fourth-order valence-electron chi connectivity index (χ4n) is 2.50. The predicted octanol–water partition coefficient (Wildman–Crippen LogP) is 3.23. The predicted molar refractivity (Wildman–Crippen MR) is 80.7 cm³/mol. The molecular formula is C14H19F3N4OS. The largest absolute Gasteiger partial charge is 0.451 e. The van der Waals surface area contributed by atoms with Gasteiger partial charge in [0.15, 0.2) is 5.16 Å². The Morgan fingerprint density at radius 2 is 2.13 bits per heavy atom. The lowest BCUT2D eigenvalue weighted by molar-refractivity contribution is -0.147. The van der Waals surface area contributed by atoms with Crippen LogP contribution in [0, 0.1) is 0 Å². The molecule has 1 heterocycles. The maximum absolute atomic E-state index is 12.7. The van der Waals surface area contributed by atoms with Gasteiger partial charge in [-0.3, -0.25) is 4.79 Å². The topological polar surface area (TPSA) is 51.0 Å². The van der Waals surface area contributed by atoms with Crippen LogP contribution in [-0.4, -0.2) is 37.9 Å². The molecule has 1 aromatic rings. The number of hydrogen-bond donors (Lipinski definition) is 0. The second-order valence-electron chi connectivity index (χ2n) is 5.23. The van der Waals surface area contributed by atoms with E-state index in [1.165, 1.54) is 7.05 Å². The summed E-state index contributed by atoms with van der Waals surface area (Å²) in [6, 6.07) is 0. The van der Waals surface area contributed by atoms with Gasteiger partial charge in [-0.15, -0.1) is 10.2 Å². The number of allylic oxidation sites excluding steroid dienone is 2. The van der Waals surface area contributed by atoms with Crippen LogP contribution in [0.2, 0.25) is 0 Å². The number of amides is 1. The lowest BCUT2D eigenvalue weighted by atomic mass is 10.0. The van der Waals surface area contributed by atoms with E-state index in [0.29, 0.717) is 6.54 Å². The monoisotopic (exact) mass is 348 g/mol. The van der Waals surface area contributed by atoms with E-state index in [1.54, 1.807) is 4.90 Å². The van der Waals surface area contributed by atoms with E-state index in [2.05, 4.69) is 16.3 Å².